The fraction of sp³-hybridized carbons (Fsp3) is 0.526. The van der Waals surface area contributed by atoms with Crippen molar-refractivity contribution in [1.29, 1.82) is 0 Å². The Morgan fingerprint density at radius 3 is 2.39 bits per heavy atom. The van der Waals surface area contributed by atoms with Crippen molar-refractivity contribution in [3.8, 4) is 11.4 Å². The lowest BCUT2D eigenvalue weighted by atomic mass is 9.76. The van der Waals surface area contributed by atoms with E-state index in [0.29, 0.717) is 4.68 Å². The molecule has 0 aliphatic carbocycles. The minimum atomic E-state index is -2.85. The van der Waals surface area contributed by atoms with Crippen molar-refractivity contribution in [2.24, 2.45) is 11.1 Å². The Kier molecular flexibility index (Phi) is 6.18. The molecule has 0 saturated heterocycles. The number of esters is 1. The lowest BCUT2D eigenvalue weighted by Crippen LogP contribution is -2.49. The molecular weight excluding hydrogens is 373 g/mol. The number of carbonyl (C=O) groups excluding carboxylic acids is 1. The van der Waals surface area contributed by atoms with Crippen LogP contribution in [0.4, 0.5) is 13.2 Å². The van der Waals surface area contributed by atoms with E-state index >= 15 is 0 Å². The molecule has 154 valence electrons. The Morgan fingerprint density at radius 2 is 1.93 bits per heavy atom. The highest BCUT2D eigenvalue weighted by Gasteiger charge is 2.43. The first-order chi connectivity index (χ1) is 12.8. The number of carbonyl (C=O) groups is 1. The Morgan fingerprint density at radius 1 is 1.29 bits per heavy atom. The number of rotatable bonds is 6. The van der Waals surface area contributed by atoms with Gasteiger partial charge in [0.05, 0.1) is 6.10 Å². The van der Waals surface area contributed by atoms with Crippen LogP contribution in [-0.2, 0) is 15.1 Å². The first kappa shape index (κ1) is 21.9. The summed E-state index contributed by atoms with van der Waals surface area (Å²) < 4.78 is 45.9. The second-order valence-electron chi connectivity index (χ2n) is 8.18. The summed E-state index contributed by atoms with van der Waals surface area (Å²) in [6, 6.07) is 3.87. The predicted molar refractivity (Wildman–Crippen MR) is 97.8 cm³/mol. The molecule has 2 rings (SSSR count). The minimum absolute atomic E-state index is 0.0369. The molecule has 0 unspecified atom stereocenters. The largest absolute Gasteiger partial charge is 0.461 e. The highest BCUT2D eigenvalue weighted by molar-refractivity contribution is 5.83. The molecular formula is C19H25F3N4O2. The second-order valence-corrected chi connectivity index (χ2v) is 8.18. The number of ether oxygens (including phenoxy) is 1. The second kappa shape index (κ2) is 7.90. The van der Waals surface area contributed by atoms with E-state index in [1.807, 2.05) is 20.8 Å². The van der Waals surface area contributed by atoms with E-state index in [-0.39, 0.29) is 23.4 Å². The van der Waals surface area contributed by atoms with E-state index in [0.717, 1.165) is 12.4 Å². The number of nitrogens with two attached hydrogens (primary N) is 1. The maximum absolute atomic E-state index is 15.0. The van der Waals surface area contributed by atoms with Crippen LogP contribution in [0.5, 0.6) is 0 Å². The molecule has 9 heteroatoms. The highest BCUT2D eigenvalue weighted by atomic mass is 19.3. The third kappa shape index (κ3) is 4.89. The van der Waals surface area contributed by atoms with Gasteiger partial charge in [-0.25, -0.2) is 14.2 Å². The van der Waals surface area contributed by atoms with Gasteiger partial charge in [0.25, 0.3) is 0 Å². The summed E-state index contributed by atoms with van der Waals surface area (Å²) in [5.74, 6) is -1.56. The number of alkyl halides is 2. The third-order valence-electron chi connectivity index (χ3n) is 3.93. The monoisotopic (exact) mass is 398 g/mol. The molecule has 0 amide bonds. The lowest BCUT2D eigenvalue weighted by molar-refractivity contribution is -0.156. The Labute approximate surface area is 161 Å². The van der Waals surface area contributed by atoms with E-state index in [1.54, 1.807) is 13.8 Å². The van der Waals surface area contributed by atoms with Crippen molar-refractivity contribution in [1.82, 2.24) is 14.8 Å². The van der Waals surface area contributed by atoms with Crippen LogP contribution in [0.3, 0.4) is 0 Å². The van der Waals surface area contributed by atoms with Crippen molar-refractivity contribution in [3.05, 3.63) is 35.9 Å². The summed E-state index contributed by atoms with van der Waals surface area (Å²) in [4.78, 5) is 16.5. The van der Waals surface area contributed by atoms with Gasteiger partial charge in [0.1, 0.15) is 17.7 Å². The molecule has 0 spiro atoms. The van der Waals surface area contributed by atoms with Gasteiger partial charge in [0.15, 0.2) is 5.82 Å². The molecule has 2 aromatic rings. The molecule has 1 aromatic heterocycles. The zero-order chi connectivity index (χ0) is 21.3. The maximum atomic E-state index is 15.0. The average molecular weight is 398 g/mol. The summed E-state index contributed by atoms with van der Waals surface area (Å²) in [6.07, 6.45) is 0.582. The molecule has 2 N–H and O–H groups in total. The van der Waals surface area contributed by atoms with Crippen molar-refractivity contribution in [2.75, 3.05) is 0 Å². The van der Waals surface area contributed by atoms with Gasteiger partial charge in [-0.1, -0.05) is 32.9 Å². The maximum Gasteiger partial charge on any atom is 0.334 e. The van der Waals surface area contributed by atoms with Gasteiger partial charge in [-0.3, -0.25) is 0 Å². The molecule has 0 fully saturated rings. The normalized spacial score (nSPS) is 14.4. The zero-order valence-corrected chi connectivity index (χ0v) is 16.5. The minimum Gasteiger partial charge on any atom is -0.461 e. The molecule has 1 heterocycles. The van der Waals surface area contributed by atoms with Crippen LogP contribution in [0.2, 0.25) is 0 Å². The van der Waals surface area contributed by atoms with E-state index < -0.39 is 35.4 Å². The van der Waals surface area contributed by atoms with Crippen LogP contribution in [-0.4, -0.2) is 26.8 Å². The van der Waals surface area contributed by atoms with Crippen LogP contribution in [0.15, 0.2) is 24.5 Å². The van der Waals surface area contributed by atoms with Gasteiger partial charge in [-0.15, -0.1) is 5.10 Å². The van der Waals surface area contributed by atoms with E-state index in [4.69, 9.17) is 10.5 Å². The highest BCUT2D eigenvalue weighted by Crippen LogP contribution is 2.36. The fourth-order valence-corrected chi connectivity index (χ4v) is 2.95. The van der Waals surface area contributed by atoms with Gasteiger partial charge < -0.3 is 10.5 Å². The quantitative estimate of drug-likeness (QED) is 0.743. The topological polar surface area (TPSA) is 83.0 Å². The van der Waals surface area contributed by atoms with Gasteiger partial charge >= 0.3 is 12.5 Å². The van der Waals surface area contributed by atoms with Crippen molar-refractivity contribution < 1.29 is 22.7 Å². The van der Waals surface area contributed by atoms with Crippen LogP contribution in [0.1, 0.15) is 53.2 Å². The standard InChI is InChI=1S/C19H25F3N4O2/c1-11(2)28-16(27)19(23,9-18(3,4)5)13-7-6-12(8-14(13)20)15-24-10-26(25-15)17(21)22/h6-8,10-11,17H,9,23H2,1-5H3/t19-/m1/s1. The SMILES string of the molecule is CC(C)OC(=O)[C@@](N)(CC(C)(C)C)c1ccc(-c2ncn(C(F)F)n2)cc1F. The summed E-state index contributed by atoms with van der Waals surface area (Å²) in [5, 5.41) is 3.61. The van der Waals surface area contributed by atoms with E-state index in [2.05, 4.69) is 10.1 Å². The van der Waals surface area contributed by atoms with Gasteiger partial charge in [-0.2, -0.15) is 13.5 Å². The van der Waals surface area contributed by atoms with Gasteiger partial charge in [0, 0.05) is 11.1 Å². The predicted octanol–water partition coefficient (Wildman–Crippen LogP) is 4.02. The molecule has 6 nitrogen and oxygen atoms in total. The lowest BCUT2D eigenvalue weighted by Gasteiger charge is -2.34. The molecule has 0 radical (unpaired) electrons. The smallest absolute Gasteiger partial charge is 0.334 e. The number of hydrogen-bond donors (Lipinski definition) is 1. The van der Waals surface area contributed by atoms with Crippen molar-refractivity contribution >= 4 is 5.97 Å². The Hall–Kier alpha value is -2.42. The number of hydrogen-bond acceptors (Lipinski definition) is 5. The number of nitrogens with zero attached hydrogens (tertiary/aromatic N) is 3. The van der Waals surface area contributed by atoms with Crippen LogP contribution in [0, 0.1) is 11.2 Å². The molecule has 1 atom stereocenters. The number of aromatic nitrogens is 3. The summed E-state index contributed by atoms with van der Waals surface area (Å²) in [6.45, 7) is 6.15. The summed E-state index contributed by atoms with van der Waals surface area (Å²) >= 11 is 0. The average Bonchev–Trinajstić information content (AvgIpc) is 3.02. The summed E-state index contributed by atoms with van der Waals surface area (Å²) in [7, 11) is 0. The Bertz CT molecular complexity index is 846. The first-order valence-corrected chi connectivity index (χ1v) is 8.83. The van der Waals surface area contributed by atoms with E-state index in [9.17, 15) is 18.0 Å². The molecule has 0 bridgehead atoms. The van der Waals surface area contributed by atoms with Gasteiger partial charge in [0.2, 0.25) is 0 Å². The molecule has 28 heavy (non-hydrogen) atoms. The number of halogens is 3. The number of benzene rings is 1. The summed E-state index contributed by atoms with van der Waals surface area (Å²) in [5.41, 5.74) is 4.43. The Balaban J connectivity index is 2.47. The fourth-order valence-electron chi connectivity index (χ4n) is 2.95. The molecule has 0 aliphatic heterocycles. The zero-order valence-electron chi connectivity index (χ0n) is 16.5. The first-order valence-electron chi connectivity index (χ1n) is 8.83. The van der Waals surface area contributed by atoms with Crippen molar-refractivity contribution in [2.45, 2.75) is 59.2 Å². The van der Waals surface area contributed by atoms with Crippen LogP contribution >= 0.6 is 0 Å². The third-order valence-corrected chi connectivity index (χ3v) is 3.93. The van der Waals surface area contributed by atoms with Crippen LogP contribution in [0.25, 0.3) is 11.4 Å². The van der Waals surface area contributed by atoms with Crippen molar-refractivity contribution in [3.63, 3.8) is 0 Å². The van der Waals surface area contributed by atoms with E-state index in [1.165, 1.54) is 12.1 Å². The molecule has 1 aromatic carbocycles. The molecule has 0 saturated carbocycles. The van der Waals surface area contributed by atoms with Crippen LogP contribution < -0.4 is 5.73 Å². The van der Waals surface area contributed by atoms with Gasteiger partial charge in [-0.05, 0) is 31.7 Å². The molecule has 0 aliphatic rings.